The lowest BCUT2D eigenvalue weighted by Gasteiger charge is -2.06. The van der Waals surface area contributed by atoms with Crippen molar-refractivity contribution in [2.24, 2.45) is 0 Å². The highest BCUT2D eigenvalue weighted by atomic mass is 35.5. The molecule has 2 N–H and O–H groups in total. The molecular weight excluding hydrogens is 359 g/mol. The van der Waals surface area contributed by atoms with Crippen molar-refractivity contribution in [3.63, 3.8) is 0 Å². The molecule has 25 heavy (non-hydrogen) atoms. The summed E-state index contributed by atoms with van der Waals surface area (Å²) >= 11 is 11.9. The quantitative estimate of drug-likeness (QED) is 0.754. The molecule has 1 fully saturated rings. The Balaban J connectivity index is 1.64. The van der Waals surface area contributed by atoms with Gasteiger partial charge in [-0.05, 0) is 60.9 Å². The van der Waals surface area contributed by atoms with Crippen LogP contribution in [0.5, 0.6) is 0 Å². The molecule has 0 aromatic heterocycles. The number of anilines is 1. The van der Waals surface area contributed by atoms with Gasteiger partial charge < -0.3 is 10.6 Å². The number of amides is 2. The van der Waals surface area contributed by atoms with Gasteiger partial charge in [0.25, 0.3) is 5.91 Å². The number of halogens is 2. The molecule has 128 valence electrons. The van der Waals surface area contributed by atoms with E-state index in [1.165, 1.54) is 6.08 Å². The van der Waals surface area contributed by atoms with Crippen molar-refractivity contribution in [2.75, 3.05) is 5.32 Å². The number of carbonyl (C=O) groups excluding carboxylic acids is 2. The van der Waals surface area contributed by atoms with E-state index < -0.39 is 0 Å². The van der Waals surface area contributed by atoms with E-state index in [1.54, 1.807) is 48.5 Å². The molecule has 0 bridgehead atoms. The maximum absolute atomic E-state index is 12.1. The molecule has 0 heterocycles. The van der Waals surface area contributed by atoms with Crippen molar-refractivity contribution in [1.82, 2.24) is 5.32 Å². The second-order valence-corrected chi connectivity index (χ2v) is 6.73. The standard InChI is InChI=1S/C19H16Cl2N2O2/c20-14-8-12(9-15(21)11-14)4-7-18(24)22-17-3-1-2-13(10-17)19(25)23-16-5-6-16/h1-4,7-11,16H,5-6H2,(H,22,24)(H,23,25)/b7-4+. The third kappa shape index (κ3) is 5.34. The fourth-order valence-corrected chi connectivity index (χ4v) is 2.80. The minimum Gasteiger partial charge on any atom is -0.349 e. The van der Waals surface area contributed by atoms with Crippen LogP contribution in [0.4, 0.5) is 5.69 Å². The number of rotatable bonds is 5. The fraction of sp³-hybridized carbons (Fsp3) is 0.158. The van der Waals surface area contributed by atoms with Crippen molar-refractivity contribution in [3.8, 4) is 0 Å². The number of carbonyl (C=O) groups is 2. The Hall–Kier alpha value is -2.30. The highest BCUT2D eigenvalue weighted by Crippen LogP contribution is 2.21. The molecule has 0 radical (unpaired) electrons. The Bertz CT molecular complexity index is 825. The van der Waals surface area contributed by atoms with Gasteiger partial charge in [0.2, 0.25) is 5.91 Å². The maximum Gasteiger partial charge on any atom is 0.251 e. The molecule has 2 aromatic rings. The van der Waals surface area contributed by atoms with Gasteiger partial charge in [-0.25, -0.2) is 0 Å². The molecule has 2 amide bonds. The normalized spacial score (nSPS) is 13.7. The van der Waals surface area contributed by atoms with Crippen molar-refractivity contribution >= 4 is 46.8 Å². The average molecular weight is 375 g/mol. The van der Waals surface area contributed by atoms with Gasteiger partial charge in [0.1, 0.15) is 0 Å². The van der Waals surface area contributed by atoms with E-state index in [2.05, 4.69) is 10.6 Å². The Morgan fingerprint density at radius 3 is 2.44 bits per heavy atom. The Morgan fingerprint density at radius 1 is 1.04 bits per heavy atom. The first-order valence-electron chi connectivity index (χ1n) is 7.86. The predicted molar refractivity (Wildman–Crippen MR) is 101 cm³/mol. The van der Waals surface area contributed by atoms with Crippen LogP contribution in [0.1, 0.15) is 28.8 Å². The molecule has 0 saturated heterocycles. The summed E-state index contributed by atoms with van der Waals surface area (Å²) in [7, 11) is 0. The minimum absolute atomic E-state index is 0.122. The maximum atomic E-state index is 12.1. The second kappa shape index (κ2) is 7.72. The van der Waals surface area contributed by atoms with Crippen LogP contribution in [-0.2, 0) is 4.79 Å². The third-order valence-corrected chi connectivity index (χ3v) is 4.05. The molecule has 1 saturated carbocycles. The highest BCUT2D eigenvalue weighted by Gasteiger charge is 2.23. The molecule has 1 aliphatic carbocycles. The van der Waals surface area contributed by atoms with Gasteiger partial charge in [-0.1, -0.05) is 29.3 Å². The van der Waals surface area contributed by atoms with E-state index in [4.69, 9.17) is 23.2 Å². The van der Waals surface area contributed by atoms with E-state index in [-0.39, 0.29) is 11.8 Å². The van der Waals surface area contributed by atoms with Crippen LogP contribution in [0.15, 0.2) is 48.5 Å². The summed E-state index contributed by atoms with van der Waals surface area (Å²) in [5.41, 5.74) is 1.81. The molecule has 0 spiro atoms. The summed E-state index contributed by atoms with van der Waals surface area (Å²) in [6, 6.07) is 12.2. The lowest BCUT2D eigenvalue weighted by atomic mass is 10.2. The van der Waals surface area contributed by atoms with Crippen LogP contribution >= 0.6 is 23.2 Å². The molecular formula is C19H16Cl2N2O2. The largest absolute Gasteiger partial charge is 0.349 e. The van der Waals surface area contributed by atoms with E-state index in [0.717, 1.165) is 18.4 Å². The molecule has 0 atom stereocenters. The van der Waals surface area contributed by atoms with Crippen molar-refractivity contribution in [2.45, 2.75) is 18.9 Å². The van der Waals surface area contributed by atoms with Crippen LogP contribution in [0, 0.1) is 0 Å². The van der Waals surface area contributed by atoms with Gasteiger partial charge in [-0.3, -0.25) is 9.59 Å². The zero-order chi connectivity index (χ0) is 17.8. The van der Waals surface area contributed by atoms with Gasteiger partial charge >= 0.3 is 0 Å². The fourth-order valence-electron chi connectivity index (χ4n) is 2.26. The Kier molecular flexibility index (Phi) is 5.41. The van der Waals surface area contributed by atoms with E-state index >= 15 is 0 Å². The number of hydrogen-bond donors (Lipinski definition) is 2. The average Bonchev–Trinajstić information content (AvgIpc) is 3.36. The Morgan fingerprint density at radius 2 is 1.76 bits per heavy atom. The third-order valence-electron chi connectivity index (χ3n) is 3.62. The summed E-state index contributed by atoms with van der Waals surface area (Å²) in [4.78, 5) is 24.1. The first-order chi connectivity index (χ1) is 12.0. The molecule has 0 unspecified atom stereocenters. The first-order valence-corrected chi connectivity index (χ1v) is 8.61. The number of hydrogen-bond acceptors (Lipinski definition) is 2. The number of nitrogens with one attached hydrogen (secondary N) is 2. The molecule has 3 rings (SSSR count). The van der Waals surface area contributed by atoms with Gasteiger partial charge in [-0.2, -0.15) is 0 Å². The van der Waals surface area contributed by atoms with Crippen LogP contribution in [0.2, 0.25) is 10.0 Å². The van der Waals surface area contributed by atoms with Gasteiger partial charge in [-0.15, -0.1) is 0 Å². The summed E-state index contributed by atoms with van der Waals surface area (Å²) in [6.07, 6.45) is 5.07. The molecule has 1 aliphatic rings. The zero-order valence-electron chi connectivity index (χ0n) is 13.3. The van der Waals surface area contributed by atoms with Crippen LogP contribution in [-0.4, -0.2) is 17.9 Å². The monoisotopic (exact) mass is 374 g/mol. The van der Waals surface area contributed by atoms with Crippen molar-refractivity contribution < 1.29 is 9.59 Å². The Labute approximate surface area is 155 Å². The molecule has 4 nitrogen and oxygen atoms in total. The predicted octanol–water partition coefficient (Wildman–Crippen LogP) is 4.54. The number of benzene rings is 2. The van der Waals surface area contributed by atoms with Gasteiger partial charge in [0.05, 0.1) is 0 Å². The van der Waals surface area contributed by atoms with E-state index in [9.17, 15) is 9.59 Å². The smallest absolute Gasteiger partial charge is 0.251 e. The van der Waals surface area contributed by atoms with Crippen LogP contribution < -0.4 is 10.6 Å². The van der Waals surface area contributed by atoms with Crippen molar-refractivity contribution in [3.05, 3.63) is 69.7 Å². The SMILES string of the molecule is O=C(/C=C/c1cc(Cl)cc(Cl)c1)Nc1cccc(C(=O)NC2CC2)c1. The lowest BCUT2D eigenvalue weighted by molar-refractivity contribution is -0.111. The van der Waals surface area contributed by atoms with Crippen molar-refractivity contribution in [1.29, 1.82) is 0 Å². The zero-order valence-corrected chi connectivity index (χ0v) is 14.8. The van der Waals surface area contributed by atoms with Gasteiger partial charge in [0.15, 0.2) is 0 Å². The van der Waals surface area contributed by atoms with E-state index in [0.29, 0.717) is 27.3 Å². The summed E-state index contributed by atoms with van der Waals surface area (Å²) in [5, 5.41) is 6.65. The molecule has 2 aromatic carbocycles. The second-order valence-electron chi connectivity index (χ2n) is 5.85. The van der Waals surface area contributed by atoms with Gasteiger partial charge in [0, 0.05) is 33.4 Å². The summed E-state index contributed by atoms with van der Waals surface area (Å²) in [6.45, 7) is 0. The molecule has 6 heteroatoms. The first kappa shape index (κ1) is 17.5. The van der Waals surface area contributed by atoms with Crippen LogP contribution in [0.3, 0.4) is 0 Å². The lowest BCUT2D eigenvalue weighted by Crippen LogP contribution is -2.25. The van der Waals surface area contributed by atoms with E-state index in [1.807, 2.05) is 0 Å². The topological polar surface area (TPSA) is 58.2 Å². The summed E-state index contributed by atoms with van der Waals surface area (Å²) in [5.74, 6) is -0.432. The molecule has 0 aliphatic heterocycles. The highest BCUT2D eigenvalue weighted by molar-refractivity contribution is 6.34. The minimum atomic E-state index is -0.309. The summed E-state index contributed by atoms with van der Waals surface area (Å²) < 4.78 is 0. The van der Waals surface area contributed by atoms with Crippen LogP contribution in [0.25, 0.3) is 6.08 Å².